The lowest BCUT2D eigenvalue weighted by atomic mass is 10.2. The molecule has 2 aromatic rings. The van der Waals surface area contributed by atoms with Crippen molar-refractivity contribution in [2.24, 2.45) is 0 Å². The van der Waals surface area contributed by atoms with Crippen LogP contribution in [0.1, 0.15) is 0 Å². The topological polar surface area (TPSA) is 99.0 Å². The Kier molecular flexibility index (Phi) is 3.06. The minimum atomic E-state index is -0.477. The number of H-pyrrole nitrogens is 2. The van der Waals surface area contributed by atoms with E-state index in [9.17, 15) is 9.59 Å². The van der Waals surface area contributed by atoms with Crippen LogP contribution in [0.5, 0.6) is 0 Å². The number of rotatable bonds is 2. The summed E-state index contributed by atoms with van der Waals surface area (Å²) in [6.45, 7) is 1.80. The zero-order valence-electron chi connectivity index (χ0n) is 10.2. The number of imidazole rings is 1. The minimum Gasteiger partial charge on any atom is -0.366 e. The van der Waals surface area contributed by atoms with Gasteiger partial charge in [0.05, 0.1) is 17.6 Å². The number of ether oxygens (including phenoxy) is 1. The van der Waals surface area contributed by atoms with Gasteiger partial charge in [-0.15, -0.1) is 0 Å². The van der Waals surface area contributed by atoms with E-state index in [1.807, 2.05) is 0 Å². The number of carbonyl (C=O) groups is 1. The van der Waals surface area contributed by atoms with Gasteiger partial charge in [0.25, 0.3) is 5.91 Å². The van der Waals surface area contributed by atoms with Crippen molar-refractivity contribution in [3.63, 3.8) is 0 Å². The van der Waals surface area contributed by atoms with E-state index in [0.29, 0.717) is 29.9 Å². The second-order valence-corrected chi connectivity index (χ2v) is 4.39. The predicted molar refractivity (Wildman–Crippen MR) is 70.2 cm³/mol. The van der Waals surface area contributed by atoms with Gasteiger partial charge in [-0.2, -0.15) is 0 Å². The van der Waals surface area contributed by atoms with E-state index < -0.39 is 6.10 Å². The molecular formula is C12H14N4O3. The standard InChI is InChI=1S/C12H14N4O3/c17-11(10-6-13-3-4-19-10)14-7-1-2-8-9(5-7)16-12(18)15-8/h1-2,5,10,13H,3-4,6H2,(H,14,17)(H2,15,16,18). The summed E-state index contributed by atoms with van der Waals surface area (Å²) in [5.74, 6) is -0.190. The highest BCUT2D eigenvalue weighted by Crippen LogP contribution is 2.15. The minimum absolute atomic E-state index is 0.190. The van der Waals surface area contributed by atoms with E-state index in [0.717, 1.165) is 6.54 Å². The molecule has 7 nitrogen and oxygen atoms in total. The molecule has 1 aromatic heterocycles. The third-order valence-corrected chi connectivity index (χ3v) is 3.00. The Balaban J connectivity index is 1.76. The number of carbonyl (C=O) groups excluding carboxylic acids is 1. The van der Waals surface area contributed by atoms with Crippen molar-refractivity contribution in [2.45, 2.75) is 6.10 Å². The number of morpholine rings is 1. The number of aromatic nitrogens is 2. The van der Waals surface area contributed by atoms with E-state index in [1.165, 1.54) is 0 Å². The molecule has 0 saturated carbocycles. The second kappa shape index (κ2) is 4.87. The van der Waals surface area contributed by atoms with Gasteiger partial charge in [-0.05, 0) is 18.2 Å². The number of nitrogens with one attached hydrogen (secondary N) is 4. The smallest absolute Gasteiger partial charge is 0.323 e. The lowest BCUT2D eigenvalue weighted by molar-refractivity contribution is -0.128. The Hall–Kier alpha value is -2.12. The Morgan fingerprint density at radius 3 is 2.95 bits per heavy atom. The molecule has 7 heteroatoms. The lowest BCUT2D eigenvalue weighted by Crippen LogP contribution is -2.45. The fraction of sp³-hybridized carbons (Fsp3) is 0.333. The van der Waals surface area contributed by atoms with Gasteiger partial charge < -0.3 is 25.3 Å². The first kappa shape index (κ1) is 11.9. The van der Waals surface area contributed by atoms with Crippen LogP contribution < -0.4 is 16.3 Å². The fourth-order valence-corrected chi connectivity index (χ4v) is 2.07. The molecule has 0 bridgehead atoms. The van der Waals surface area contributed by atoms with Crippen LogP contribution in [0.2, 0.25) is 0 Å². The molecule has 1 aromatic carbocycles. The highest BCUT2D eigenvalue weighted by Gasteiger charge is 2.21. The Morgan fingerprint density at radius 2 is 2.16 bits per heavy atom. The van der Waals surface area contributed by atoms with Crippen LogP contribution in [-0.4, -0.2) is 41.7 Å². The maximum atomic E-state index is 12.0. The SMILES string of the molecule is O=C(Nc1ccc2[nH]c(=O)[nH]c2c1)C1CNCCO1. The molecule has 4 N–H and O–H groups in total. The molecule has 2 heterocycles. The number of amides is 1. The second-order valence-electron chi connectivity index (χ2n) is 4.39. The van der Waals surface area contributed by atoms with Crippen molar-refractivity contribution in [3.05, 3.63) is 28.7 Å². The third-order valence-electron chi connectivity index (χ3n) is 3.00. The number of benzene rings is 1. The summed E-state index contributed by atoms with van der Waals surface area (Å²) in [5, 5.41) is 5.87. The van der Waals surface area contributed by atoms with Crippen LogP contribution in [0.3, 0.4) is 0 Å². The van der Waals surface area contributed by atoms with Gasteiger partial charge in [-0.25, -0.2) is 4.79 Å². The lowest BCUT2D eigenvalue weighted by Gasteiger charge is -2.22. The van der Waals surface area contributed by atoms with Crippen molar-refractivity contribution in [1.82, 2.24) is 15.3 Å². The van der Waals surface area contributed by atoms with Crippen molar-refractivity contribution in [1.29, 1.82) is 0 Å². The summed E-state index contributed by atoms with van der Waals surface area (Å²) in [6, 6.07) is 5.19. The number of aromatic amines is 2. The van der Waals surface area contributed by atoms with Crippen LogP contribution in [0.15, 0.2) is 23.0 Å². The molecule has 1 aliphatic rings. The van der Waals surface area contributed by atoms with Gasteiger partial charge in [0.1, 0.15) is 6.10 Å². The average Bonchev–Trinajstić information content (AvgIpc) is 2.79. The first-order chi connectivity index (χ1) is 9.22. The molecule has 0 aliphatic carbocycles. The van der Waals surface area contributed by atoms with Crippen LogP contribution in [-0.2, 0) is 9.53 Å². The highest BCUT2D eigenvalue weighted by atomic mass is 16.5. The van der Waals surface area contributed by atoms with Gasteiger partial charge in [0.2, 0.25) is 0 Å². The summed E-state index contributed by atoms with van der Waals surface area (Å²) in [5.41, 5.74) is 1.73. The Bertz CT molecular complexity index is 654. The van der Waals surface area contributed by atoms with E-state index in [1.54, 1.807) is 18.2 Å². The summed E-state index contributed by atoms with van der Waals surface area (Å²) in [4.78, 5) is 28.4. The quantitative estimate of drug-likeness (QED) is 0.601. The molecule has 100 valence electrons. The monoisotopic (exact) mass is 262 g/mol. The van der Waals surface area contributed by atoms with E-state index in [-0.39, 0.29) is 11.6 Å². The number of anilines is 1. The summed E-state index contributed by atoms with van der Waals surface area (Å²) < 4.78 is 5.37. The molecule has 19 heavy (non-hydrogen) atoms. The molecule has 1 amide bonds. The predicted octanol–water partition coefficient (Wildman–Crippen LogP) is -0.217. The molecule has 1 atom stereocenters. The first-order valence-corrected chi connectivity index (χ1v) is 6.07. The molecule has 1 fully saturated rings. The van der Waals surface area contributed by atoms with Crippen molar-refractivity contribution >= 4 is 22.6 Å². The van der Waals surface area contributed by atoms with Crippen molar-refractivity contribution in [2.75, 3.05) is 25.0 Å². The number of fused-ring (bicyclic) bond motifs is 1. The summed E-state index contributed by atoms with van der Waals surface area (Å²) in [6.07, 6.45) is -0.477. The maximum Gasteiger partial charge on any atom is 0.323 e. The maximum absolute atomic E-state index is 12.0. The Labute approximate surface area is 108 Å². The van der Waals surface area contributed by atoms with Crippen LogP contribution in [0.25, 0.3) is 11.0 Å². The van der Waals surface area contributed by atoms with E-state index in [2.05, 4.69) is 20.6 Å². The van der Waals surface area contributed by atoms with Crippen LogP contribution >= 0.6 is 0 Å². The first-order valence-electron chi connectivity index (χ1n) is 6.07. The Morgan fingerprint density at radius 1 is 1.32 bits per heavy atom. The molecule has 0 radical (unpaired) electrons. The van der Waals surface area contributed by atoms with Crippen molar-refractivity contribution in [3.8, 4) is 0 Å². The highest BCUT2D eigenvalue weighted by molar-refractivity contribution is 5.96. The van der Waals surface area contributed by atoms with Gasteiger partial charge in [-0.3, -0.25) is 4.79 Å². The largest absolute Gasteiger partial charge is 0.366 e. The summed E-state index contributed by atoms with van der Waals surface area (Å²) in [7, 11) is 0. The third kappa shape index (κ3) is 2.51. The summed E-state index contributed by atoms with van der Waals surface area (Å²) >= 11 is 0. The molecular weight excluding hydrogens is 248 g/mol. The zero-order valence-corrected chi connectivity index (χ0v) is 10.2. The molecule has 0 spiro atoms. The van der Waals surface area contributed by atoms with Crippen molar-refractivity contribution < 1.29 is 9.53 Å². The average molecular weight is 262 g/mol. The normalized spacial score (nSPS) is 19.5. The van der Waals surface area contributed by atoms with Gasteiger partial charge in [0.15, 0.2) is 0 Å². The number of hydrogen-bond donors (Lipinski definition) is 4. The molecule has 1 aliphatic heterocycles. The fourth-order valence-electron chi connectivity index (χ4n) is 2.07. The molecule has 1 unspecified atom stereocenters. The number of hydrogen-bond acceptors (Lipinski definition) is 4. The molecule has 3 rings (SSSR count). The van der Waals surface area contributed by atoms with E-state index >= 15 is 0 Å². The van der Waals surface area contributed by atoms with Crippen LogP contribution in [0, 0.1) is 0 Å². The molecule has 1 saturated heterocycles. The van der Waals surface area contributed by atoms with Gasteiger partial charge >= 0.3 is 5.69 Å². The van der Waals surface area contributed by atoms with Gasteiger partial charge in [-0.1, -0.05) is 0 Å². The zero-order chi connectivity index (χ0) is 13.2. The van der Waals surface area contributed by atoms with Crippen LogP contribution in [0.4, 0.5) is 5.69 Å². The van der Waals surface area contributed by atoms with E-state index in [4.69, 9.17) is 4.74 Å². The van der Waals surface area contributed by atoms with Gasteiger partial charge in [0, 0.05) is 18.8 Å².